The smallest absolute Gasteiger partial charge is 0.249 e. The van der Waals surface area contributed by atoms with Crippen LogP contribution in [0.4, 0.5) is 5.69 Å². The van der Waals surface area contributed by atoms with Crippen LogP contribution in [0.3, 0.4) is 0 Å². The summed E-state index contributed by atoms with van der Waals surface area (Å²) in [6, 6.07) is 11.2. The number of rotatable bonds is 7. The second kappa shape index (κ2) is 9.54. The van der Waals surface area contributed by atoms with E-state index in [-0.39, 0.29) is 5.41 Å². The third kappa shape index (κ3) is 6.24. The molecule has 2 aromatic rings. The third-order valence-corrected chi connectivity index (χ3v) is 7.38. The minimum absolute atomic E-state index is 0.0602. The van der Waals surface area contributed by atoms with Gasteiger partial charge in [0, 0.05) is 21.3 Å². The van der Waals surface area contributed by atoms with Gasteiger partial charge in [-0.3, -0.25) is 4.72 Å². The second-order valence-corrected chi connectivity index (χ2v) is 11.3. The van der Waals surface area contributed by atoms with Crippen molar-refractivity contribution in [1.82, 2.24) is 0 Å². The highest BCUT2D eigenvalue weighted by molar-refractivity contribution is 9.10. The van der Waals surface area contributed by atoms with Gasteiger partial charge in [-0.15, -0.1) is 11.6 Å². The fourth-order valence-corrected chi connectivity index (χ4v) is 4.46. The number of hydrogen-bond donors (Lipinski definition) is 1. The van der Waals surface area contributed by atoms with Gasteiger partial charge in [0.25, 0.3) is 0 Å². The molecular weight excluding hydrogens is 474 g/mol. The number of halogens is 2. The van der Waals surface area contributed by atoms with Crippen LogP contribution in [0.15, 0.2) is 40.9 Å². The van der Waals surface area contributed by atoms with E-state index in [2.05, 4.69) is 47.5 Å². The van der Waals surface area contributed by atoms with Crippen molar-refractivity contribution in [3.05, 3.63) is 57.6 Å². The van der Waals surface area contributed by atoms with Crippen LogP contribution >= 0.6 is 27.5 Å². The molecule has 2 aromatic carbocycles. The first kappa shape index (κ1) is 23.8. The molecule has 0 aliphatic carbocycles. The molecule has 0 radical (unpaired) electrons. The van der Waals surface area contributed by atoms with E-state index in [1.165, 1.54) is 0 Å². The average Bonchev–Trinajstić information content (AvgIpc) is 2.65. The van der Waals surface area contributed by atoms with Crippen LogP contribution in [-0.4, -0.2) is 20.2 Å². The molecule has 1 unspecified atom stereocenters. The van der Waals surface area contributed by atoms with Crippen LogP contribution in [0.1, 0.15) is 50.8 Å². The maximum absolute atomic E-state index is 12.1. The molecule has 29 heavy (non-hydrogen) atoms. The van der Waals surface area contributed by atoms with Gasteiger partial charge in [-0.2, -0.15) is 0 Å². The Balaban J connectivity index is 2.28. The Kier molecular flexibility index (Phi) is 7.82. The van der Waals surface area contributed by atoms with E-state index in [1.807, 2.05) is 30.4 Å². The molecule has 0 aromatic heterocycles. The zero-order chi connectivity index (χ0) is 21.8. The Morgan fingerprint density at radius 2 is 1.79 bits per heavy atom. The monoisotopic (exact) mass is 499 g/mol. The fraction of sp³-hybridized carbons (Fsp3) is 0.364. The van der Waals surface area contributed by atoms with Gasteiger partial charge in [-0.05, 0) is 41.7 Å². The number of hydrogen-bond acceptors (Lipinski definition) is 3. The number of benzene rings is 2. The molecule has 0 saturated carbocycles. The first-order valence-corrected chi connectivity index (χ1v) is 12.1. The van der Waals surface area contributed by atoms with E-state index in [1.54, 1.807) is 26.2 Å². The summed E-state index contributed by atoms with van der Waals surface area (Å²) in [6.07, 6.45) is 4.29. The lowest BCUT2D eigenvalue weighted by Gasteiger charge is -2.24. The quantitative estimate of drug-likeness (QED) is 0.342. The van der Waals surface area contributed by atoms with Crippen molar-refractivity contribution < 1.29 is 13.2 Å². The standard InChI is InChI=1S/C22H27BrClNO3S/c1-6-20(24)29(26,27)25-18-11-8-15(9-12-18)7-10-16-13-17(23)14-19(21(16)28-5)22(2,3)4/h7-14,20,25H,6H2,1-5H3/b10-7+. The predicted octanol–water partition coefficient (Wildman–Crippen LogP) is 6.64. The summed E-state index contributed by atoms with van der Waals surface area (Å²) in [5.74, 6) is 0.842. The molecule has 0 amide bonds. The van der Waals surface area contributed by atoms with Crippen molar-refractivity contribution in [2.75, 3.05) is 11.8 Å². The van der Waals surface area contributed by atoms with Crippen LogP contribution in [0.2, 0.25) is 0 Å². The Labute approximate surface area is 187 Å². The van der Waals surface area contributed by atoms with Crippen molar-refractivity contribution in [2.45, 2.75) is 44.2 Å². The molecule has 0 spiro atoms. The maximum Gasteiger partial charge on any atom is 0.249 e. The lowest BCUT2D eigenvalue weighted by molar-refractivity contribution is 0.396. The maximum atomic E-state index is 12.1. The number of nitrogens with one attached hydrogen (secondary N) is 1. The Morgan fingerprint density at radius 3 is 2.31 bits per heavy atom. The molecule has 0 aliphatic heterocycles. The molecule has 1 N–H and O–H groups in total. The molecular formula is C22H27BrClNO3S. The predicted molar refractivity (Wildman–Crippen MR) is 127 cm³/mol. The van der Waals surface area contributed by atoms with E-state index >= 15 is 0 Å². The summed E-state index contributed by atoms with van der Waals surface area (Å²) >= 11 is 9.45. The molecule has 158 valence electrons. The second-order valence-electron chi connectivity index (χ2n) is 7.75. The molecule has 0 bridgehead atoms. The fourth-order valence-electron chi connectivity index (χ4n) is 2.82. The van der Waals surface area contributed by atoms with Gasteiger partial charge >= 0.3 is 0 Å². The van der Waals surface area contributed by atoms with Gasteiger partial charge in [-0.25, -0.2) is 8.42 Å². The largest absolute Gasteiger partial charge is 0.496 e. The third-order valence-electron chi connectivity index (χ3n) is 4.38. The van der Waals surface area contributed by atoms with E-state index in [4.69, 9.17) is 16.3 Å². The van der Waals surface area contributed by atoms with Gasteiger partial charge in [0.15, 0.2) is 4.71 Å². The molecule has 0 fully saturated rings. The zero-order valence-corrected chi connectivity index (χ0v) is 20.5. The van der Waals surface area contributed by atoms with E-state index in [0.29, 0.717) is 12.1 Å². The number of anilines is 1. The van der Waals surface area contributed by atoms with E-state index in [0.717, 1.165) is 26.9 Å². The summed E-state index contributed by atoms with van der Waals surface area (Å²) < 4.78 is 32.4. The molecule has 7 heteroatoms. The highest BCUT2D eigenvalue weighted by atomic mass is 79.9. The van der Waals surface area contributed by atoms with Crippen molar-refractivity contribution in [2.24, 2.45) is 0 Å². The highest BCUT2D eigenvalue weighted by Gasteiger charge is 2.22. The summed E-state index contributed by atoms with van der Waals surface area (Å²) in [5.41, 5.74) is 3.44. The van der Waals surface area contributed by atoms with E-state index in [9.17, 15) is 8.42 Å². The van der Waals surface area contributed by atoms with Crippen molar-refractivity contribution in [3.63, 3.8) is 0 Å². The van der Waals surface area contributed by atoms with Crippen LogP contribution < -0.4 is 9.46 Å². The SMILES string of the molecule is CCC(Cl)S(=O)(=O)Nc1ccc(/C=C/c2cc(Br)cc(C(C)(C)C)c2OC)cc1. The van der Waals surface area contributed by atoms with Crippen LogP contribution in [0, 0.1) is 0 Å². The molecule has 2 rings (SSSR count). The molecule has 0 saturated heterocycles. The van der Waals surface area contributed by atoms with Crippen molar-refractivity contribution in [3.8, 4) is 5.75 Å². The lowest BCUT2D eigenvalue weighted by atomic mass is 9.85. The Hall–Kier alpha value is -1.50. The lowest BCUT2D eigenvalue weighted by Crippen LogP contribution is -2.22. The Bertz CT molecular complexity index is 980. The Morgan fingerprint density at radius 1 is 1.17 bits per heavy atom. The van der Waals surface area contributed by atoms with Crippen LogP contribution in [0.25, 0.3) is 12.2 Å². The topological polar surface area (TPSA) is 55.4 Å². The first-order valence-electron chi connectivity index (χ1n) is 9.29. The van der Waals surface area contributed by atoms with Gasteiger partial charge in [0.1, 0.15) is 5.75 Å². The molecule has 0 heterocycles. The van der Waals surface area contributed by atoms with Gasteiger partial charge < -0.3 is 4.74 Å². The molecule has 1 atom stereocenters. The van der Waals surface area contributed by atoms with E-state index < -0.39 is 14.7 Å². The highest BCUT2D eigenvalue weighted by Crippen LogP contribution is 2.37. The number of sulfonamides is 1. The normalized spacial score (nSPS) is 13.5. The van der Waals surface area contributed by atoms with Crippen molar-refractivity contribution in [1.29, 1.82) is 0 Å². The van der Waals surface area contributed by atoms with Crippen LogP contribution in [-0.2, 0) is 15.4 Å². The van der Waals surface area contributed by atoms with Gasteiger partial charge in [0.05, 0.1) is 7.11 Å². The number of methoxy groups -OCH3 is 1. The summed E-state index contributed by atoms with van der Waals surface area (Å²) in [7, 11) is -1.91. The molecule has 4 nitrogen and oxygen atoms in total. The van der Waals surface area contributed by atoms with Crippen molar-refractivity contribution >= 4 is 55.4 Å². The molecule has 0 aliphatic rings. The minimum atomic E-state index is -3.59. The number of alkyl halides is 1. The average molecular weight is 501 g/mol. The summed E-state index contributed by atoms with van der Waals surface area (Å²) in [6.45, 7) is 8.17. The van der Waals surface area contributed by atoms with Gasteiger partial charge in [0.2, 0.25) is 10.0 Å². The minimum Gasteiger partial charge on any atom is -0.496 e. The summed E-state index contributed by atoms with van der Waals surface area (Å²) in [5, 5.41) is 0. The first-order chi connectivity index (χ1) is 13.5. The van der Waals surface area contributed by atoms with Crippen LogP contribution in [0.5, 0.6) is 5.75 Å². The zero-order valence-electron chi connectivity index (χ0n) is 17.3. The van der Waals surface area contributed by atoms with Gasteiger partial charge in [-0.1, -0.05) is 67.9 Å². The summed E-state index contributed by atoms with van der Waals surface area (Å²) in [4.78, 5) is 0. The number of ether oxygens (including phenoxy) is 1.